The highest BCUT2D eigenvalue weighted by atomic mass is 28.4. The molecule has 0 bridgehead atoms. The van der Waals surface area contributed by atoms with Gasteiger partial charge in [0.05, 0.1) is 12.6 Å². The maximum Gasteiger partial charge on any atom is 0.407 e. The normalized spacial score (nSPS) is 17.2. The molecule has 1 saturated heterocycles. The molecule has 1 N–H and O–H groups in total. The van der Waals surface area contributed by atoms with Gasteiger partial charge in [0.1, 0.15) is 12.7 Å². The van der Waals surface area contributed by atoms with Gasteiger partial charge in [0.25, 0.3) is 8.32 Å². The predicted octanol–water partition coefficient (Wildman–Crippen LogP) is 6.35. The van der Waals surface area contributed by atoms with Crippen molar-refractivity contribution in [2.45, 2.75) is 77.0 Å². The SMILES string of the molecule is C=C(C)[C@H](OC1CCCCO1)[C@@H](CO[Si](c1ccccc1)(c1ccccc1)C(C)(C)C)NC(=O)OCc1ccccc1. The predicted molar refractivity (Wildman–Crippen MR) is 170 cm³/mol. The van der Waals surface area contributed by atoms with Gasteiger partial charge in [-0.05, 0) is 52.7 Å². The van der Waals surface area contributed by atoms with Crippen LogP contribution in [0.25, 0.3) is 0 Å². The van der Waals surface area contributed by atoms with Crippen molar-refractivity contribution in [3.63, 3.8) is 0 Å². The largest absolute Gasteiger partial charge is 0.445 e. The lowest BCUT2D eigenvalue weighted by atomic mass is 10.1. The van der Waals surface area contributed by atoms with E-state index in [2.05, 4.69) is 81.2 Å². The summed E-state index contributed by atoms with van der Waals surface area (Å²) in [6.45, 7) is 13.9. The lowest BCUT2D eigenvalue weighted by Crippen LogP contribution is -2.68. The quantitative estimate of drug-likeness (QED) is 0.198. The Morgan fingerprint density at radius 3 is 2.02 bits per heavy atom. The van der Waals surface area contributed by atoms with E-state index < -0.39 is 26.6 Å². The summed E-state index contributed by atoms with van der Waals surface area (Å²) in [6, 6.07) is 30.0. The molecule has 3 aromatic carbocycles. The van der Waals surface area contributed by atoms with Crippen molar-refractivity contribution >= 4 is 24.8 Å². The third kappa shape index (κ3) is 7.98. The van der Waals surface area contributed by atoms with Gasteiger partial charge in [-0.25, -0.2) is 4.79 Å². The average Bonchev–Trinajstić information content (AvgIpc) is 3.00. The van der Waals surface area contributed by atoms with Gasteiger partial charge < -0.3 is 24.0 Å². The zero-order valence-corrected chi connectivity index (χ0v) is 26.4. The lowest BCUT2D eigenvalue weighted by molar-refractivity contribution is -0.186. The number of benzene rings is 3. The van der Waals surface area contributed by atoms with E-state index in [1.807, 2.05) is 49.4 Å². The Kier molecular flexibility index (Phi) is 11.2. The molecule has 1 aliphatic rings. The van der Waals surface area contributed by atoms with E-state index >= 15 is 0 Å². The summed E-state index contributed by atoms with van der Waals surface area (Å²) in [5, 5.41) is 5.19. The van der Waals surface area contributed by atoms with Gasteiger partial charge in [-0.1, -0.05) is 118 Å². The Balaban J connectivity index is 1.66. The second kappa shape index (κ2) is 14.8. The number of carbonyl (C=O) groups excluding carboxylic acids is 1. The second-order valence-electron chi connectivity index (χ2n) is 12.0. The fourth-order valence-corrected chi connectivity index (χ4v) is 10.2. The Bertz CT molecular complexity index is 1220. The highest BCUT2D eigenvalue weighted by Gasteiger charge is 2.50. The number of hydrogen-bond acceptors (Lipinski definition) is 5. The van der Waals surface area contributed by atoms with Crippen LogP contribution < -0.4 is 15.7 Å². The molecule has 6 nitrogen and oxygen atoms in total. The molecule has 0 aromatic heterocycles. The topological polar surface area (TPSA) is 66.0 Å². The van der Waals surface area contributed by atoms with Gasteiger partial charge in [-0.2, -0.15) is 0 Å². The second-order valence-corrected chi connectivity index (χ2v) is 16.3. The Labute approximate surface area is 252 Å². The minimum absolute atomic E-state index is 0.166. The summed E-state index contributed by atoms with van der Waals surface area (Å²) in [6.07, 6.45) is 1.42. The first kappa shape index (κ1) is 31.7. The van der Waals surface area contributed by atoms with Crippen LogP contribution >= 0.6 is 0 Å². The highest BCUT2D eigenvalue weighted by molar-refractivity contribution is 6.99. The zero-order chi connectivity index (χ0) is 30.0. The summed E-state index contributed by atoms with van der Waals surface area (Å²) >= 11 is 0. The van der Waals surface area contributed by atoms with Gasteiger partial charge in [-0.3, -0.25) is 0 Å². The smallest absolute Gasteiger partial charge is 0.407 e. The van der Waals surface area contributed by atoms with Gasteiger partial charge in [0.2, 0.25) is 0 Å². The third-order valence-electron chi connectivity index (χ3n) is 7.70. The van der Waals surface area contributed by atoms with Gasteiger partial charge >= 0.3 is 6.09 Å². The Morgan fingerprint density at radius 1 is 0.952 bits per heavy atom. The number of hydrogen-bond donors (Lipinski definition) is 1. The molecular formula is C35H45NO5Si. The number of rotatable bonds is 12. The van der Waals surface area contributed by atoms with Crippen LogP contribution in [0, 0.1) is 0 Å². The number of nitrogens with one attached hydrogen (secondary N) is 1. The molecule has 0 saturated carbocycles. The van der Waals surface area contributed by atoms with Crippen molar-refractivity contribution in [2.24, 2.45) is 0 Å². The van der Waals surface area contributed by atoms with Crippen LogP contribution in [-0.4, -0.2) is 46.1 Å². The van der Waals surface area contributed by atoms with Crippen LogP contribution in [-0.2, 0) is 25.2 Å². The standard InChI is InChI=1S/C35H45NO5Si/c1-27(2)33(41-32-23-15-16-24-38-32)31(36-34(37)39-25-28-17-9-6-10-18-28)26-40-42(35(3,4)5,29-19-11-7-12-20-29)30-21-13-8-14-22-30/h6-14,17-22,31-33H,1,15-16,23-26H2,2-5H3,(H,36,37)/t31-,32?,33+/m1/s1. The molecule has 0 radical (unpaired) electrons. The van der Waals surface area contributed by atoms with Crippen molar-refractivity contribution < 1.29 is 23.4 Å². The average molecular weight is 588 g/mol. The number of carbonyl (C=O) groups is 1. The van der Waals surface area contributed by atoms with Crippen LogP contribution in [0.15, 0.2) is 103 Å². The maximum absolute atomic E-state index is 13.2. The first-order chi connectivity index (χ1) is 20.2. The molecule has 1 aliphatic heterocycles. The minimum atomic E-state index is -2.88. The molecule has 1 unspecified atom stereocenters. The van der Waals surface area contributed by atoms with Crippen LogP contribution in [0.3, 0.4) is 0 Å². The first-order valence-electron chi connectivity index (χ1n) is 14.9. The molecule has 3 aromatic rings. The van der Waals surface area contributed by atoms with Crippen molar-refractivity contribution in [3.05, 3.63) is 109 Å². The van der Waals surface area contributed by atoms with Crippen molar-refractivity contribution in [1.82, 2.24) is 5.32 Å². The molecule has 1 amide bonds. The number of alkyl carbamates (subject to hydrolysis) is 1. The molecule has 4 rings (SSSR count). The van der Waals surface area contributed by atoms with Gasteiger partial charge in [-0.15, -0.1) is 0 Å². The number of amides is 1. The first-order valence-corrected chi connectivity index (χ1v) is 16.8. The van der Waals surface area contributed by atoms with E-state index in [4.69, 9.17) is 18.6 Å². The van der Waals surface area contributed by atoms with E-state index in [1.165, 1.54) is 0 Å². The molecule has 42 heavy (non-hydrogen) atoms. The molecule has 0 aliphatic carbocycles. The maximum atomic E-state index is 13.2. The van der Waals surface area contributed by atoms with Gasteiger partial charge in [0, 0.05) is 6.61 Å². The summed E-state index contributed by atoms with van der Waals surface area (Å²) in [4.78, 5) is 13.2. The fraction of sp³-hybridized carbons (Fsp3) is 0.400. The molecule has 7 heteroatoms. The van der Waals surface area contributed by atoms with Crippen molar-refractivity contribution in [1.29, 1.82) is 0 Å². The van der Waals surface area contributed by atoms with E-state index in [0.29, 0.717) is 6.61 Å². The van der Waals surface area contributed by atoms with E-state index in [9.17, 15) is 4.79 Å². The Hall–Kier alpha value is -3.23. The number of ether oxygens (including phenoxy) is 3. The Morgan fingerprint density at radius 2 is 1.52 bits per heavy atom. The van der Waals surface area contributed by atoms with Crippen molar-refractivity contribution in [3.8, 4) is 0 Å². The zero-order valence-electron chi connectivity index (χ0n) is 25.4. The summed E-state index contributed by atoms with van der Waals surface area (Å²) in [5.41, 5.74) is 1.69. The van der Waals surface area contributed by atoms with Crippen LogP contribution in [0.5, 0.6) is 0 Å². The molecular weight excluding hydrogens is 542 g/mol. The molecule has 3 atom stereocenters. The lowest BCUT2D eigenvalue weighted by Gasteiger charge is -2.44. The summed E-state index contributed by atoms with van der Waals surface area (Å²) < 4.78 is 25.3. The molecule has 1 heterocycles. The van der Waals surface area contributed by atoms with E-state index in [-0.39, 0.29) is 24.5 Å². The third-order valence-corrected chi connectivity index (χ3v) is 12.7. The monoisotopic (exact) mass is 587 g/mol. The molecule has 1 fully saturated rings. The van der Waals surface area contributed by atoms with E-state index in [1.54, 1.807) is 0 Å². The fourth-order valence-electron chi connectivity index (χ4n) is 5.63. The van der Waals surface area contributed by atoms with Crippen LogP contribution in [0.1, 0.15) is 52.5 Å². The van der Waals surface area contributed by atoms with Crippen LogP contribution in [0.4, 0.5) is 4.79 Å². The molecule has 0 spiro atoms. The summed E-state index contributed by atoms with van der Waals surface area (Å²) in [7, 11) is -2.88. The van der Waals surface area contributed by atoms with Gasteiger partial charge in [0.15, 0.2) is 6.29 Å². The van der Waals surface area contributed by atoms with Crippen LogP contribution in [0.2, 0.25) is 5.04 Å². The summed E-state index contributed by atoms with van der Waals surface area (Å²) in [5.74, 6) is 0. The molecule has 224 valence electrons. The minimum Gasteiger partial charge on any atom is -0.445 e. The van der Waals surface area contributed by atoms with Crippen molar-refractivity contribution in [2.75, 3.05) is 13.2 Å². The van der Waals surface area contributed by atoms with E-state index in [0.717, 1.165) is 40.8 Å². The highest BCUT2D eigenvalue weighted by Crippen LogP contribution is 2.37.